The number of anilines is 2. The van der Waals surface area contributed by atoms with Crippen LogP contribution in [0.4, 0.5) is 11.6 Å². The predicted octanol–water partition coefficient (Wildman–Crippen LogP) is 0.426. The number of amides is 2. The highest BCUT2D eigenvalue weighted by molar-refractivity contribution is 14.1. The van der Waals surface area contributed by atoms with Crippen LogP contribution in [-0.4, -0.2) is 128 Å². The highest BCUT2D eigenvalue weighted by Crippen LogP contribution is 2.30. The molecule has 0 saturated carbocycles. The summed E-state index contributed by atoms with van der Waals surface area (Å²) in [7, 11) is 0. The van der Waals surface area contributed by atoms with Crippen molar-refractivity contribution in [3.05, 3.63) is 45.8 Å². The number of benzene rings is 1. The van der Waals surface area contributed by atoms with Crippen molar-refractivity contribution in [1.29, 1.82) is 5.41 Å². The number of carbonyl (C=O) groups is 2. The molecule has 3 rings (SSSR count). The van der Waals surface area contributed by atoms with Crippen molar-refractivity contribution in [2.45, 2.75) is 125 Å². The molecule has 320 valence electrons. The molecule has 0 aliphatic heterocycles. The second kappa shape index (κ2) is 25.3. The molecule has 0 saturated heterocycles. The van der Waals surface area contributed by atoms with Crippen LogP contribution in [0.3, 0.4) is 0 Å². The van der Waals surface area contributed by atoms with Crippen molar-refractivity contribution in [2.75, 3.05) is 50.8 Å². The number of nitrogens with zero attached hydrogens (tertiary/aromatic N) is 3. The molecule has 0 bridgehead atoms. The van der Waals surface area contributed by atoms with E-state index in [1.165, 1.54) is 16.7 Å². The second-order valence-electron chi connectivity index (χ2n) is 14.8. The number of alkyl halides is 1. The summed E-state index contributed by atoms with van der Waals surface area (Å²) >= 11 is 2.07. The van der Waals surface area contributed by atoms with Crippen LogP contribution in [0.5, 0.6) is 0 Å². The van der Waals surface area contributed by atoms with Gasteiger partial charge in [-0.3, -0.25) is 20.3 Å². The Labute approximate surface area is 349 Å². The molecule has 1 aromatic carbocycles. The first kappa shape index (κ1) is 48.1. The third-order valence-electron chi connectivity index (χ3n) is 10.4. The number of nitrogens with two attached hydrogens (primary N) is 3. The molecule has 2 aromatic rings. The number of hydrogen-bond donors (Lipinski definition) is 12. The molecule has 0 unspecified atom stereocenters. The van der Waals surface area contributed by atoms with Gasteiger partial charge in [-0.15, -0.1) is 0 Å². The van der Waals surface area contributed by atoms with Gasteiger partial charge in [0.25, 0.3) is 5.91 Å². The summed E-state index contributed by atoms with van der Waals surface area (Å²) in [5.41, 5.74) is 22.9. The van der Waals surface area contributed by atoms with Crippen molar-refractivity contribution in [1.82, 2.24) is 30.8 Å². The smallest absolute Gasteiger partial charge is 0.280 e. The van der Waals surface area contributed by atoms with Crippen LogP contribution in [0.2, 0.25) is 0 Å². The van der Waals surface area contributed by atoms with Gasteiger partial charge in [0.15, 0.2) is 17.5 Å². The molecule has 15 N–H and O–H groups in total. The fourth-order valence-corrected chi connectivity index (χ4v) is 7.70. The minimum absolute atomic E-state index is 0.0730. The summed E-state index contributed by atoms with van der Waals surface area (Å²) in [5, 5.41) is 66.8. The van der Waals surface area contributed by atoms with Gasteiger partial charge >= 0.3 is 0 Å². The molecule has 1 aromatic heterocycles. The number of halogens is 1. The van der Waals surface area contributed by atoms with Gasteiger partial charge in [-0.25, -0.2) is 9.97 Å². The van der Waals surface area contributed by atoms with Crippen LogP contribution in [0.15, 0.2) is 12.1 Å². The molecule has 1 aliphatic rings. The number of rotatable bonds is 26. The maximum atomic E-state index is 12.6. The van der Waals surface area contributed by atoms with Crippen LogP contribution >= 0.6 is 22.6 Å². The van der Waals surface area contributed by atoms with E-state index in [0.29, 0.717) is 49.1 Å². The van der Waals surface area contributed by atoms with Crippen molar-refractivity contribution < 1.29 is 35.1 Å². The maximum absolute atomic E-state index is 12.6. The fraction of sp³-hybridized carbons (Fsp3) is 0.667. The van der Waals surface area contributed by atoms with Crippen LogP contribution < -0.4 is 33.2 Å². The van der Waals surface area contributed by atoms with E-state index < -0.39 is 48.9 Å². The van der Waals surface area contributed by atoms with Crippen molar-refractivity contribution in [3.63, 3.8) is 0 Å². The van der Waals surface area contributed by atoms with Crippen molar-refractivity contribution in [2.24, 2.45) is 5.73 Å². The zero-order valence-corrected chi connectivity index (χ0v) is 35.3. The first-order chi connectivity index (χ1) is 27.3. The average molecular weight is 913 g/mol. The number of fused-ring (bicyclic) bond motifs is 1. The Hall–Kier alpha value is -3.24. The van der Waals surface area contributed by atoms with Crippen LogP contribution in [0, 0.1) is 5.41 Å². The van der Waals surface area contributed by atoms with Gasteiger partial charge in [0, 0.05) is 17.5 Å². The highest BCUT2D eigenvalue weighted by Gasteiger charge is 2.31. The Kier molecular flexibility index (Phi) is 21.4. The van der Waals surface area contributed by atoms with Gasteiger partial charge in [0.1, 0.15) is 24.1 Å². The Balaban J connectivity index is 1.52. The van der Waals surface area contributed by atoms with E-state index in [-0.39, 0.29) is 29.8 Å². The quantitative estimate of drug-likeness (QED) is 0.0200. The number of primary amides is 1. The number of nitrogens with one attached hydrogen (secondary N) is 4. The highest BCUT2D eigenvalue weighted by atomic mass is 127. The minimum Gasteiger partial charge on any atom is -0.394 e. The molecule has 18 heteroatoms. The van der Waals surface area contributed by atoms with E-state index in [0.717, 1.165) is 76.2 Å². The lowest BCUT2D eigenvalue weighted by Crippen LogP contribution is -2.50. The molecule has 0 fully saturated rings. The molecule has 0 radical (unpaired) electrons. The number of carbonyl (C=O) groups excluding carboxylic acids is 2. The predicted molar refractivity (Wildman–Crippen MR) is 229 cm³/mol. The summed E-state index contributed by atoms with van der Waals surface area (Å²) in [6.45, 7) is 3.70. The lowest BCUT2D eigenvalue weighted by molar-refractivity contribution is -0.120. The summed E-state index contributed by atoms with van der Waals surface area (Å²) in [6.07, 6.45) is 5.61. The Morgan fingerprint density at radius 1 is 0.895 bits per heavy atom. The fourth-order valence-electron chi connectivity index (χ4n) is 7.14. The first-order valence-corrected chi connectivity index (χ1v) is 21.7. The number of guanidine groups is 1. The molecule has 57 heavy (non-hydrogen) atoms. The van der Waals surface area contributed by atoms with E-state index in [2.05, 4.69) is 67.6 Å². The van der Waals surface area contributed by atoms with Gasteiger partial charge in [-0.05, 0) is 106 Å². The van der Waals surface area contributed by atoms with Gasteiger partial charge < -0.3 is 58.3 Å². The van der Waals surface area contributed by atoms with E-state index in [1.807, 2.05) is 4.90 Å². The zero-order chi connectivity index (χ0) is 41.9. The standard InChI is InChI=1S/C39H65IN10O7/c1-2-3-4-9-18-50(22-30(52)33(54)34(55)31(53)23-51)19-10-17-45-28(37(43)56)20-25-15-14-24(26-12-5-6-13-27(25)26)11-7-8-16-46-39(44)49-38(57)32-36(42)48-35(41)29(21-40)47-32/h14-15,28,30-31,33-34,45,51-55H,2-13,16-23H2,1H3,(H2,43,56)(H4,41,42,48)(H3,44,46,49,57)/t28-,30-,31+,33+,34+/m0/s1. The topological polar surface area (TPSA) is 302 Å². The first-order valence-electron chi connectivity index (χ1n) is 20.1. The summed E-state index contributed by atoms with van der Waals surface area (Å²) in [6, 6.07) is 3.70. The number of aliphatic hydroxyl groups is 5. The Bertz CT molecular complexity index is 1590. The summed E-state index contributed by atoms with van der Waals surface area (Å²) in [4.78, 5) is 35.5. The van der Waals surface area contributed by atoms with Crippen LogP contribution in [0.1, 0.15) is 103 Å². The monoisotopic (exact) mass is 912 g/mol. The second-order valence-corrected chi connectivity index (χ2v) is 15.6. The largest absolute Gasteiger partial charge is 0.394 e. The lowest BCUT2D eigenvalue weighted by Gasteiger charge is -2.30. The van der Waals surface area contributed by atoms with Crippen molar-refractivity contribution in [3.8, 4) is 0 Å². The van der Waals surface area contributed by atoms with Crippen molar-refractivity contribution >= 4 is 52.0 Å². The lowest BCUT2D eigenvalue weighted by atomic mass is 9.82. The third kappa shape index (κ3) is 15.5. The molecule has 17 nitrogen and oxygen atoms in total. The van der Waals surface area contributed by atoms with E-state index in [4.69, 9.17) is 27.7 Å². The number of aromatic nitrogens is 2. The molecule has 5 atom stereocenters. The SMILES string of the molecule is CCCCCCN(CCCN[C@@H](Cc1ccc(CCCCNC(=N)NC(=O)c2nc(CI)c(N)nc2N)c2c1CCCC2)C(N)=O)C[C@H](O)[C@@H](O)[C@H](O)[C@H](O)CO. The Morgan fingerprint density at radius 3 is 2.23 bits per heavy atom. The van der Waals surface area contributed by atoms with Crippen LogP contribution in [-0.2, 0) is 34.9 Å². The molecular formula is C39H65IN10O7. The molecule has 0 spiro atoms. The third-order valence-corrected chi connectivity index (χ3v) is 11.1. The summed E-state index contributed by atoms with van der Waals surface area (Å²) < 4.78 is 0.460. The number of aliphatic hydroxyl groups excluding tert-OH is 5. The number of nitrogen functional groups attached to an aromatic ring is 2. The zero-order valence-electron chi connectivity index (χ0n) is 33.2. The summed E-state index contributed by atoms with van der Waals surface area (Å²) in [5.74, 6) is -1.14. The van der Waals surface area contributed by atoms with Crippen LogP contribution in [0.25, 0.3) is 0 Å². The van der Waals surface area contributed by atoms with Gasteiger partial charge in [0.2, 0.25) is 5.91 Å². The molecule has 2 amide bonds. The molecule has 1 heterocycles. The van der Waals surface area contributed by atoms with E-state index >= 15 is 0 Å². The molecular weight excluding hydrogens is 847 g/mol. The average Bonchev–Trinajstić information content (AvgIpc) is 3.19. The Morgan fingerprint density at radius 2 is 1.56 bits per heavy atom. The molecule has 1 aliphatic carbocycles. The van der Waals surface area contributed by atoms with Gasteiger partial charge in [0.05, 0.1) is 24.4 Å². The number of unbranched alkanes of at least 4 members (excludes halogenated alkanes) is 4. The number of hydrogen-bond acceptors (Lipinski definition) is 14. The maximum Gasteiger partial charge on any atom is 0.280 e. The van der Waals surface area contributed by atoms with E-state index in [9.17, 15) is 30.0 Å². The minimum atomic E-state index is -1.68. The normalized spacial score (nSPS) is 15.4. The van der Waals surface area contributed by atoms with Gasteiger partial charge in [-0.1, -0.05) is 60.9 Å². The van der Waals surface area contributed by atoms with Gasteiger partial charge in [-0.2, -0.15) is 0 Å². The number of aryl methyl sites for hydroxylation is 1. The van der Waals surface area contributed by atoms with E-state index in [1.54, 1.807) is 0 Å².